The summed E-state index contributed by atoms with van der Waals surface area (Å²) >= 11 is 5.68. The van der Waals surface area contributed by atoms with Crippen LogP contribution in [-0.4, -0.2) is 0 Å². The molecule has 0 unspecified atom stereocenters. The maximum atomic E-state index is 5.68. The minimum Gasteiger partial charge on any atom is -0.182 e. The Morgan fingerprint density at radius 2 is 2.22 bits per heavy atom. The van der Waals surface area contributed by atoms with Gasteiger partial charge in [-0.2, -0.15) is 35.9 Å². The van der Waals surface area contributed by atoms with Gasteiger partial charge in [-0.15, -0.1) is 5.56 Å². The van der Waals surface area contributed by atoms with Gasteiger partial charge in [0.1, 0.15) is 0 Å². The molecule has 1 rings (SSSR count). The molecule has 0 spiro atoms. The third-order valence-corrected chi connectivity index (χ3v) is 1.42. The second kappa shape index (κ2) is 4.01. The fourth-order valence-electron chi connectivity index (χ4n) is 0.488. The van der Waals surface area contributed by atoms with Gasteiger partial charge in [-0.25, -0.2) is 0 Å². The average molecular weight is 133 g/mol. The van der Waals surface area contributed by atoms with Crippen LogP contribution >= 0.6 is 11.6 Å². The molecule has 2 heteroatoms. The van der Waals surface area contributed by atoms with Gasteiger partial charge < -0.3 is 0 Å². The Hall–Kier alpha value is 0.107. The summed E-state index contributed by atoms with van der Waals surface area (Å²) in [4.78, 5) is 0. The molecule has 0 amide bonds. The molecule has 0 saturated carbocycles. The first-order valence-corrected chi connectivity index (χ1v) is 2.80. The number of halogens is 1. The molecule has 0 aliphatic heterocycles. The minimum atomic E-state index is 0. The van der Waals surface area contributed by atoms with Crippen LogP contribution in [0.25, 0.3) is 0 Å². The van der Waals surface area contributed by atoms with Crippen molar-refractivity contribution in [3.63, 3.8) is 0 Å². The zero-order chi connectivity index (χ0) is 5.98. The third-order valence-electron chi connectivity index (χ3n) is 1.02. The van der Waals surface area contributed by atoms with Crippen molar-refractivity contribution in [3.05, 3.63) is 34.9 Å². The number of benzene rings is 1. The summed E-state index contributed by atoms with van der Waals surface area (Å²) in [6.45, 7) is 1.97. The zero-order valence-corrected chi connectivity index (χ0v) is 6.37. The van der Waals surface area contributed by atoms with E-state index in [2.05, 4.69) is 6.07 Å². The Morgan fingerprint density at radius 1 is 1.56 bits per heavy atom. The molecule has 0 bridgehead atoms. The van der Waals surface area contributed by atoms with Gasteiger partial charge in [0.05, 0.1) is 0 Å². The maximum absolute atomic E-state index is 5.68. The zero-order valence-electron chi connectivity index (χ0n) is 5.61. The van der Waals surface area contributed by atoms with Gasteiger partial charge in [-0.1, -0.05) is 11.9 Å². The van der Waals surface area contributed by atoms with Crippen molar-refractivity contribution < 1.29 is 18.9 Å². The van der Waals surface area contributed by atoms with E-state index in [9.17, 15) is 0 Å². The Kier molecular flexibility index (Phi) is 4.06. The van der Waals surface area contributed by atoms with Gasteiger partial charge in [-0.05, 0) is 0 Å². The first kappa shape index (κ1) is 9.11. The predicted molar refractivity (Wildman–Crippen MR) is 35.0 cm³/mol. The topological polar surface area (TPSA) is 0 Å². The summed E-state index contributed by atoms with van der Waals surface area (Å²) in [7, 11) is 0. The standard InChI is InChI=1S/C7H6Cl.Li/c1-6-4-2-3-5-7(6)8;/h2,4-5H,1H3;/q-1;+1. The van der Waals surface area contributed by atoms with Gasteiger partial charge in [0.2, 0.25) is 0 Å². The Balaban J connectivity index is 0.000000640. The third kappa shape index (κ3) is 2.45. The summed E-state index contributed by atoms with van der Waals surface area (Å²) in [5, 5.41) is 0.785. The maximum Gasteiger partial charge on any atom is 1.00 e. The molecule has 1 aromatic carbocycles. The summed E-state index contributed by atoms with van der Waals surface area (Å²) < 4.78 is 0. The summed E-state index contributed by atoms with van der Waals surface area (Å²) in [5.74, 6) is 0. The van der Waals surface area contributed by atoms with Crippen molar-refractivity contribution in [2.24, 2.45) is 0 Å². The van der Waals surface area contributed by atoms with E-state index in [-0.39, 0.29) is 18.9 Å². The van der Waals surface area contributed by atoms with Gasteiger partial charge in [0.15, 0.2) is 0 Å². The van der Waals surface area contributed by atoms with E-state index in [0.717, 1.165) is 10.6 Å². The number of hydrogen-bond donors (Lipinski definition) is 0. The summed E-state index contributed by atoms with van der Waals surface area (Å²) in [6, 6.07) is 8.41. The Labute approximate surface area is 72.4 Å². The quantitative estimate of drug-likeness (QED) is 0.328. The van der Waals surface area contributed by atoms with Gasteiger partial charge in [0, 0.05) is 0 Å². The summed E-state index contributed by atoms with van der Waals surface area (Å²) in [6.07, 6.45) is 0. The van der Waals surface area contributed by atoms with Crippen LogP contribution in [0.1, 0.15) is 5.56 Å². The summed E-state index contributed by atoms with van der Waals surface area (Å²) in [5.41, 5.74) is 1.10. The first-order chi connectivity index (χ1) is 3.80. The molecular formula is C7H6ClLi. The number of hydrogen-bond acceptors (Lipinski definition) is 0. The molecule has 0 aromatic heterocycles. The molecule has 0 aliphatic carbocycles. The number of rotatable bonds is 0. The normalized spacial score (nSPS) is 8.22. The Morgan fingerprint density at radius 3 is 2.56 bits per heavy atom. The number of aryl methyl sites for hydroxylation is 1. The predicted octanol–water partition coefficient (Wildman–Crippen LogP) is -0.547. The monoisotopic (exact) mass is 132 g/mol. The van der Waals surface area contributed by atoms with E-state index in [1.54, 1.807) is 6.07 Å². The fourth-order valence-corrected chi connectivity index (χ4v) is 0.614. The first-order valence-electron chi connectivity index (χ1n) is 2.43. The van der Waals surface area contributed by atoms with Crippen LogP contribution in [0.5, 0.6) is 0 Å². The van der Waals surface area contributed by atoms with Crippen LogP contribution in [0.4, 0.5) is 0 Å². The SMILES string of the molecule is Cc1cc[c-]cc1Cl.[Li+]. The van der Waals surface area contributed by atoms with E-state index < -0.39 is 0 Å². The van der Waals surface area contributed by atoms with Crippen molar-refractivity contribution in [3.8, 4) is 0 Å². The molecule has 42 valence electrons. The van der Waals surface area contributed by atoms with E-state index in [0.29, 0.717) is 0 Å². The molecule has 0 N–H and O–H groups in total. The average Bonchev–Trinajstić information content (AvgIpc) is 1.77. The van der Waals surface area contributed by atoms with Crippen LogP contribution in [0.15, 0.2) is 18.2 Å². The largest absolute Gasteiger partial charge is 1.00 e. The molecule has 0 atom stereocenters. The van der Waals surface area contributed by atoms with Gasteiger partial charge in [0.25, 0.3) is 0 Å². The van der Waals surface area contributed by atoms with Crippen LogP contribution in [0, 0.1) is 13.0 Å². The van der Waals surface area contributed by atoms with E-state index in [1.165, 1.54) is 0 Å². The van der Waals surface area contributed by atoms with Crippen molar-refractivity contribution >= 4 is 11.6 Å². The molecule has 0 heterocycles. The van der Waals surface area contributed by atoms with E-state index >= 15 is 0 Å². The van der Waals surface area contributed by atoms with Crippen LogP contribution in [0.3, 0.4) is 0 Å². The van der Waals surface area contributed by atoms with Crippen LogP contribution in [-0.2, 0) is 0 Å². The molecule has 9 heavy (non-hydrogen) atoms. The molecule has 0 aliphatic rings. The molecule has 0 radical (unpaired) electrons. The smallest absolute Gasteiger partial charge is 0.182 e. The van der Waals surface area contributed by atoms with Crippen LogP contribution < -0.4 is 18.9 Å². The van der Waals surface area contributed by atoms with Crippen molar-refractivity contribution in [2.45, 2.75) is 6.92 Å². The van der Waals surface area contributed by atoms with Crippen molar-refractivity contribution in [1.82, 2.24) is 0 Å². The second-order valence-corrected chi connectivity index (χ2v) is 2.08. The Bertz CT molecular complexity index is 165. The molecule has 0 nitrogen and oxygen atoms in total. The molecule has 0 fully saturated rings. The van der Waals surface area contributed by atoms with E-state index in [1.807, 2.05) is 19.1 Å². The van der Waals surface area contributed by atoms with Gasteiger partial charge >= 0.3 is 18.9 Å². The molecular weight excluding hydrogens is 126 g/mol. The van der Waals surface area contributed by atoms with Crippen molar-refractivity contribution in [1.29, 1.82) is 0 Å². The van der Waals surface area contributed by atoms with E-state index in [4.69, 9.17) is 11.6 Å². The fraction of sp³-hybridized carbons (Fsp3) is 0.143. The molecule has 0 saturated heterocycles. The van der Waals surface area contributed by atoms with Crippen molar-refractivity contribution in [2.75, 3.05) is 0 Å². The minimum absolute atomic E-state index is 0. The molecule has 1 aromatic rings. The van der Waals surface area contributed by atoms with Gasteiger partial charge in [-0.3, -0.25) is 0 Å². The second-order valence-electron chi connectivity index (χ2n) is 1.68. The van der Waals surface area contributed by atoms with Crippen LogP contribution in [0.2, 0.25) is 5.02 Å².